The van der Waals surface area contributed by atoms with Crippen LogP contribution in [0.5, 0.6) is 5.75 Å². The van der Waals surface area contributed by atoms with Gasteiger partial charge in [0.15, 0.2) is 6.10 Å². The SMILES string of the molecule is Cc1nc(/C=C/CC2CCOCC2)c(Br)c(-c2ccc3c(c2)CCCO3)c1C(OC(C)(C)C)C(=O)OC(C)C. The van der Waals surface area contributed by atoms with E-state index in [2.05, 4.69) is 40.2 Å². The second-order valence-electron chi connectivity index (χ2n) is 11.7. The van der Waals surface area contributed by atoms with E-state index in [1.165, 1.54) is 5.56 Å². The van der Waals surface area contributed by atoms with Gasteiger partial charge in [-0.3, -0.25) is 4.98 Å². The lowest BCUT2D eigenvalue weighted by molar-refractivity contribution is -0.171. The van der Waals surface area contributed by atoms with E-state index in [0.29, 0.717) is 5.92 Å². The number of aryl methyl sites for hydroxylation is 2. The molecule has 0 amide bonds. The number of ether oxygens (including phenoxy) is 4. The summed E-state index contributed by atoms with van der Waals surface area (Å²) in [5.41, 5.74) is 4.77. The van der Waals surface area contributed by atoms with Gasteiger partial charge in [0.05, 0.1) is 28.5 Å². The predicted molar refractivity (Wildman–Crippen MR) is 158 cm³/mol. The minimum absolute atomic E-state index is 0.267. The van der Waals surface area contributed by atoms with Crippen LogP contribution in [0, 0.1) is 12.8 Å². The Hall–Kier alpha value is -2.22. The number of pyridine rings is 1. The fourth-order valence-corrected chi connectivity index (χ4v) is 5.84. The third-order valence-corrected chi connectivity index (χ3v) is 7.78. The van der Waals surface area contributed by atoms with Crippen LogP contribution >= 0.6 is 15.9 Å². The van der Waals surface area contributed by atoms with Crippen molar-refractivity contribution in [2.45, 2.75) is 91.5 Å². The highest BCUT2D eigenvalue weighted by molar-refractivity contribution is 9.10. The molecular formula is C32H42BrNO5. The first kappa shape index (κ1) is 29.8. The van der Waals surface area contributed by atoms with Crippen LogP contribution in [0.1, 0.15) is 88.9 Å². The molecular weight excluding hydrogens is 558 g/mol. The van der Waals surface area contributed by atoms with Gasteiger partial charge in [-0.25, -0.2) is 4.79 Å². The molecule has 39 heavy (non-hydrogen) atoms. The van der Waals surface area contributed by atoms with Crippen molar-refractivity contribution in [3.05, 3.63) is 51.3 Å². The Balaban J connectivity index is 1.84. The molecule has 7 heteroatoms. The third kappa shape index (κ3) is 7.71. The van der Waals surface area contributed by atoms with Gasteiger partial charge >= 0.3 is 5.97 Å². The zero-order valence-electron chi connectivity index (χ0n) is 24.1. The molecule has 0 N–H and O–H groups in total. The molecule has 1 fully saturated rings. The average Bonchev–Trinajstić information content (AvgIpc) is 2.88. The van der Waals surface area contributed by atoms with Gasteiger partial charge in [-0.05, 0) is 125 Å². The molecule has 0 aliphatic carbocycles. The standard InChI is InChI=1S/C32H42BrNO5/c1-20(2)38-31(35)30(39-32(4,5)6)27-21(3)34-25(11-7-9-22-14-17-36-18-15-22)29(33)28(27)24-12-13-26-23(19-24)10-8-16-37-26/h7,11-13,19-20,22,30H,8-10,14-18H2,1-6H3/b11-7+. The molecule has 0 bridgehead atoms. The summed E-state index contributed by atoms with van der Waals surface area (Å²) in [6, 6.07) is 6.27. The van der Waals surface area contributed by atoms with Crippen molar-refractivity contribution in [3.8, 4) is 16.9 Å². The van der Waals surface area contributed by atoms with Crippen LogP contribution in [0.15, 0.2) is 28.7 Å². The molecule has 1 atom stereocenters. The smallest absolute Gasteiger partial charge is 0.340 e. The summed E-state index contributed by atoms with van der Waals surface area (Å²) in [6.45, 7) is 13.9. The van der Waals surface area contributed by atoms with Crippen molar-refractivity contribution in [2.75, 3.05) is 19.8 Å². The molecule has 2 aliphatic heterocycles. The molecule has 0 saturated carbocycles. The Morgan fingerprint density at radius 1 is 1.21 bits per heavy atom. The van der Waals surface area contributed by atoms with E-state index in [1.54, 1.807) is 0 Å². The highest BCUT2D eigenvalue weighted by atomic mass is 79.9. The summed E-state index contributed by atoms with van der Waals surface area (Å²) in [5, 5.41) is 0. The number of aromatic nitrogens is 1. The molecule has 1 aromatic carbocycles. The number of hydrogen-bond acceptors (Lipinski definition) is 6. The molecule has 2 aromatic rings. The number of halogens is 1. The molecule has 6 nitrogen and oxygen atoms in total. The molecule has 0 radical (unpaired) electrons. The highest BCUT2D eigenvalue weighted by Crippen LogP contribution is 2.43. The lowest BCUT2D eigenvalue weighted by Crippen LogP contribution is -2.31. The third-order valence-electron chi connectivity index (χ3n) is 6.97. The van der Waals surface area contributed by atoms with Gasteiger partial charge in [-0.1, -0.05) is 12.1 Å². The van der Waals surface area contributed by atoms with E-state index in [1.807, 2.05) is 47.6 Å². The quantitative estimate of drug-likeness (QED) is 0.288. The van der Waals surface area contributed by atoms with Gasteiger partial charge in [-0.2, -0.15) is 0 Å². The topological polar surface area (TPSA) is 66.9 Å². The van der Waals surface area contributed by atoms with Crippen LogP contribution in [-0.4, -0.2) is 42.5 Å². The number of rotatable bonds is 8. The van der Waals surface area contributed by atoms with E-state index in [0.717, 1.165) is 90.2 Å². The highest BCUT2D eigenvalue weighted by Gasteiger charge is 2.35. The predicted octanol–water partition coefficient (Wildman–Crippen LogP) is 7.78. The largest absolute Gasteiger partial charge is 0.493 e. The zero-order chi connectivity index (χ0) is 28.2. The van der Waals surface area contributed by atoms with Crippen LogP contribution < -0.4 is 4.74 Å². The summed E-state index contributed by atoms with van der Waals surface area (Å²) >= 11 is 3.90. The number of benzene rings is 1. The van der Waals surface area contributed by atoms with Crippen molar-refractivity contribution >= 4 is 28.0 Å². The van der Waals surface area contributed by atoms with Crippen LogP contribution in [-0.2, 0) is 25.4 Å². The van der Waals surface area contributed by atoms with E-state index < -0.39 is 17.7 Å². The van der Waals surface area contributed by atoms with E-state index in [-0.39, 0.29) is 6.10 Å². The number of fused-ring (bicyclic) bond motifs is 1. The Morgan fingerprint density at radius 3 is 2.64 bits per heavy atom. The second-order valence-corrected chi connectivity index (χ2v) is 12.5. The number of nitrogens with zero attached hydrogens (tertiary/aromatic N) is 1. The van der Waals surface area contributed by atoms with Crippen LogP contribution in [0.25, 0.3) is 17.2 Å². The van der Waals surface area contributed by atoms with Crippen molar-refractivity contribution in [3.63, 3.8) is 0 Å². The summed E-state index contributed by atoms with van der Waals surface area (Å²) < 4.78 is 24.3. The molecule has 3 heterocycles. The first-order valence-corrected chi connectivity index (χ1v) is 14.9. The van der Waals surface area contributed by atoms with Gasteiger partial charge in [0.25, 0.3) is 0 Å². The van der Waals surface area contributed by atoms with Gasteiger partial charge in [-0.15, -0.1) is 0 Å². The van der Waals surface area contributed by atoms with Crippen molar-refractivity contribution in [2.24, 2.45) is 5.92 Å². The van der Waals surface area contributed by atoms with Crippen LogP contribution in [0.2, 0.25) is 0 Å². The Kier molecular flexibility index (Phi) is 9.89. The maximum absolute atomic E-state index is 13.5. The minimum atomic E-state index is -0.932. The Labute approximate surface area is 241 Å². The van der Waals surface area contributed by atoms with Gasteiger partial charge in [0.1, 0.15) is 5.75 Å². The zero-order valence-corrected chi connectivity index (χ0v) is 25.7. The van der Waals surface area contributed by atoms with Crippen molar-refractivity contribution < 1.29 is 23.7 Å². The summed E-state index contributed by atoms with van der Waals surface area (Å²) in [7, 11) is 0. The number of carbonyl (C=O) groups excluding carboxylic acids is 1. The minimum Gasteiger partial charge on any atom is -0.493 e. The Morgan fingerprint density at radius 2 is 1.95 bits per heavy atom. The average molecular weight is 601 g/mol. The first-order valence-electron chi connectivity index (χ1n) is 14.1. The number of carbonyl (C=O) groups is 1. The maximum Gasteiger partial charge on any atom is 0.340 e. The first-order chi connectivity index (χ1) is 18.5. The van der Waals surface area contributed by atoms with Gasteiger partial charge in [0.2, 0.25) is 0 Å². The second kappa shape index (κ2) is 13.0. The molecule has 1 unspecified atom stereocenters. The summed E-state index contributed by atoms with van der Waals surface area (Å²) in [4.78, 5) is 18.5. The van der Waals surface area contributed by atoms with Gasteiger partial charge in [0, 0.05) is 30.0 Å². The Bertz CT molecular complexity index is 1190. The molecule has 1 saturated heterocycles. The van der Waals surface area contributed by atoms with Crippen molar-refractivity contribution in [1.82, 2.24) is 4.98 Å². The lowest BCUT2D eigenvalue weighted by Gasteiger charge is -2.30. The van der Waals surface area contributed by atoms with E-state index in [4.69, 9.17) is 23.9 Å². The molecule has 1 aromatic heterocycles. The number of hydrogen-bond donors (Lipinski definition) is 0. The fraction of sp³-hybridized carbons (Fsp3) is 0.562. The monoisotopic (exact) mass is 599 g/mol. The number of esters is 1. The van der Waals surface area contributed by atoms with Crippen molar-refractivity contribution in [1.29, 1.82) is 0 Å². The van der Waals surface area contributed by atoms with E-state index >= 15 is 0 Å². The van der Waals surface area contributed by atoms with E-state index in [9.17, 15) is 4.79 Å². The normalized spacial score (nSPS) is 17.2. The van der Waals surface area contributed by atoms with Gasteiger partial charge < -0.3 is 18.9 Å². The number of allylic oxidation sites excluding steroid dienone is 1. The lowest BCUT2D eigenvalue weighted by atomic mass is 9.91. The molecule has 0 spiro atoms. The fourth-order valence-electron chi connectivity index (χ4n) is 5.17. The van der Waals surface area contributed by atoms with Crippen LogP contribution in [0.3, 0.4) is 0 Å². The molecule has 4 rings (SSSR count). The maximum atomic E-state index is 13.5. The summed E-state index contributed by atoms with van der Waals surface area (Å²) in [5.74, 6) is 1.14. The summed E-state index contributed by atoms with van der Waals surface area (Å²) in [6.07, 6.45) is 8.20. The van der Waals surface area contributed by atoms with Crippen LogP contribution in [0.4, 0.5) is 0 Å². The molecule has 212 valence electrons. The molecule has 2 aliphatic rings.